The predicted octanol–water partition coefficient (Wildman–Crippen LogP) is 5.24. The average Bonchev–Trinajstić information content (AvgIpc) is 2.49. The van der Waals surface area contributed by atoms with E-state index in [1.807, 2.05) is 12.1 Å². The molecule has 0 saturated heterocycles. The molecular formula is C19H17F3. The highest BCUT2D eigenvalue weighted by atomic mass is 19.2. The Bertz CT molecular complexity index is 745. The van der Waals surface area contributed by atoms with Crippen LogP contribution in [0.15, 0.2) is 36.4 Å². The molecule has 0 fully saturated rings. The number of hydrogen-bond acceptors (Lipinski definition) is 0. The molecule has 0 nitrogen and oxygen atoms in total. The first-order chi connectivity index (χ1) is 10.6. The van der Waals surface area contributed by atoms with E-state index in [4.69, 9.17) is 0 Å². The van der Waals surface area contributed by atoms with Crippen LogP contribution in [0.3, 0.4) is 0 Å². The highest BCUT2D eigenvalue weighted by Crippen LogP contribution is 2.30. The molecule has 0 N–H and O–H groups in total. The van der Waals surface area contributed by atoms with Crippen molar-refractivity contribution in [3.8, 4) is 0 Å². The minimum Gasteiger partial charge on any atom is -0.206 e. The van der Waals surface area contributed by atoms with Crippen molar-refractivity contribution in [3.63, 3.8) is 0 Å². The topological polar surface area (TPSA) is 0 Å². The van der Waals surface area contributed by atoms with Crippen molar-refractivity contribution in [1.29, 1.82) is 0 Å². The Kier molecular flexibility index (Phi) is 4.06. The normalized spacial score (nSPS) is 13.7. The summed E-state index contributed by atoms with van der Waals surface area (Å²) in [6.07, 6.45) is 4.65. The summed E-state index contributed by atoms with van der Waals surface area (Å²) in [5, 5.41) is 0. The molecule has 1 aliphatic carbocycles. The SMILES string of the molecule is CCCc1ccc(C2=CCc3cc(F)c(F)cc3C2)c(F)c1. The van der Waals surface area contributed by atoms with Crippen LogP contribution in [-0.4, -0.2) is 0 Å². The number of rotatable bonds is 3. The van der Waals surface area contributed by atoms with E-state index in [-0.39, 0.29) is 5.82 Å². The number of aryl methyl sites for hydroxylation is 1. The first-order valence-electron chi connectivity index (χ1n) is 7.53. The Morgan fingerprint density at radius 2 is 1.64 bits per heavy atom. The molecule has 0 unspecified atom stereocenters. The van der Waals surface area contributed by atoms with Gasteiger partial charge in [-0.3, -0.25) is 0 Å². The van der Waals surface area contributed by atoms with Crippen LogP contribution in [0, 0.1) is 17.5 Å². The van der Waals surface area contributed by atoms with Gasteiger partial charge in [0.05, 0.1) is 0 Å². The molecule has 0 atom stereocenters. The van der Waals surface area contributed by atoms with Crippen LogP contribution < -0.4 is 0 Å². The van der Waals surface area contributed by atoms with Gasteiger partial charge in [-0.1, -0.05) is 31.6 Å². The van der Waals surface area contributed by atoms with Gasteiger partial charge in [-0.25, -0.2) is 13.2 Å². The minimum atomic E-state index is -0.848. The van der Waals surface area contributed by atoms with E-state index in [0.717, 1.165) is 35.1 Å². The smallest absolute Gasteiger partial charge is 0.159 e. The Labute approximate surface area is 128 Å². The second-order valence-electron chi connectivity index (χ2n) is 5.71. The summed E-state index contributed by atoms with van der Waals surface area (Å²) in [5.41, 5.74) is 3.86. The van der Waals surface area contributed by atoms with Crippen molar-refractivity contribution in [2.75, 3.05) is 0 Å². The van der Waals surface area contributed by atoms with Crippen molar-refractivity contribution in [2.45, 2.75) is 32.6 Å². The lowest BCUT2D eigenvalue weighted by Gasteiger charge is -2.18. The summed E-state index contributed by atoms with van der Waals surface area (Å²) in [7, 11) is 0. The molecule has 3 heteroatoms. The van der Waals surface area contributed by atoms with Crippen molar-refractivity contribution in [1.82, 2.24) is 0 Å². The molecule has 0 radical (unpaired) electrons. The lowest BCUT2D eigenvalue weighted by molar-refractivity contribution is 0.506. The number of hydrogen-bond donors (Lipinski definition) is 0. The summed E-state index contributed by atoms with van der Waals surface area (Å²) in [4.78, 5) is 0. The van der Waals surface area contributed by atoms with Gasteiger partial charge in [-0.2, -0.15) is 0 Å². The number of halogens is 3. The lowest BCUT2D eigenvalue weighted by Crippen LogP contribution is -2.06. The van der Waals surface area contributed by atoms with Crippen molar-refractivity contribution < 1.29 is 13.2 Å². The van der Waals surface area contributed by atoms with Gasteiger partial charge in [0.15, 0.2) is 11.6 Å². The van der Waals surface area contributed by atoms with Crippen molar-refractivity contribution in [2.24, 2.45) is 0 Å². The molecule has 0 amide bonds. The van der Waals surface area contributed by atoms with Gasteiger partial charge in [0.25, 0.3) is 0 Å². The highest BCUT2D eigenvalue weighted by molar-refractivity contribution is 5.71. The monoisotopic (exact) mass is 302 g/mol. The third-order valence-corrected chi connectivity index (χ3v) is 4.11. The largest absolute Gasteiger partial charge is 0.206 e. The minimum absolute atomic E-state index is 0.247. The van der Waals surface area contributed by atoms with Crippen LogP contribution in [0.4, 0.5) is 13.2 Å². The number of benzene rings is 2. The third kappa shape index (κ3) is 2.80. The fraction of sp³-hybridized carbons (Fsp3) is 0.263. The van der Waals surface area contributed by atoms with Crippen LogP contribution in [0.5, 0.6) is 0 Å². The first-order valence-corrected chi connectivity index (χ1v) is 7.53. The van der Waals surface area contributed by atoms with E-state index in [1.54, 1.807) is 12.1 Å². The molecule has 0 aromatic heterocycles. The quantitative estimate of drug-likeness (QED) is 0.727. The standard InChI is InChI=1S/C19H17F3/c1-2-3-12-4-7-16(17(20)8-12)14-6-5-13-10-18(21)19(22)11-15(13)9-14/h4,6-8,10-11H,2-3,5,9H2,1H3. The van der Waals surface area contributed by atoms with Crippen LogP contribution in [0.2, 0.25) is 0 Å². The third-order valence-electron chi connectivity index (χ3n) is 4.11. The van der Waals surface area contributed by atoms with Crippen LogP contribution >= 0.6 is 0 Å². The van der Waals surface area contributed by atoms with E-state index >= 15 is 0 Å². The molecule has 114 valence electrons. The van der Waals surface area contributed by atoms with E-state index in [9.17, 15) is 13.2 Å². The van der Waals surface area contributed by atoms with E-state index in [2.05, 4.69) is 6.92 Å². The average molecular weight is 302 g/mol. The van der Waals surface area contributed by atoms with Gasteiger partial charge >= 0.3 is 0 Å². The van der Waals surface area contributed by atoms with Gasteiger partial charge in [-0.15, -0.1) is 0 Å². The van der Waals surface area contributed by atoms with Gasteiger partial charge < -0.3 is 0 Å². The molecule has 2 aromatic rings. The zero-order valence-electron chi connectivity index (χ0n) is 12.4. The maximum atomic E-state index is 14.3. The number of allylic oxidation sites excluding steroid dienone is 2. The summed E-state index contributed by atoms with van der Waals surface area (Å²) >= 11 is 0. The van der Waals surface area contributed by atoms with Gasteiger partial charge in [-0.05, 0) is 59.7 Å². The summed E-state index contributed by atoms with van der Waals surface area (Å²) in [5.74, 6) is -1.92. The van der Waals surface area contributed by atoms with E-state index in [1.165, 1.54) is 12.1 Å². The van der Waals surface area contributed by atoms with Gasteiger partial charge in [0.1, 0.15) is 5.82 Å². The zero-order chi connectivity index (χ0) is 15.7. The molecule has 1 aliphatic rings. The maximum Gasteiger partial charge on any atom is 0.159 e. The van der Waals surface area contributed by atoms with Crippen LogP contribution in [0.25, 0.3) is 5.57 Å². The van der Waals surface area contributed by atoms with Crippen LogP contribution in [0.1, 0.15) is 35.6 Å². The molecule has 0 spiro atoms. The Morgan fingerprint density at radius 3 is 2.32 bits per heavy atom. The molecule has 22 heavy (non-hydrogen) atoms. The predicted molar refractivity (Wildman–Crippen MR) is 82.1 cm³/mol. The fourth-order valence-corrected chi connectivity index (χ4v) is 2.96. The Hall–Kier alpha value is -2.03. The fourth-order valence-electron chi connectivity index (χ4n) is 2.96. The zero-order valence-corrected chi connectivity index (χ0v) is 12.4. The van der Waals surface area contributed by atoms with Crippen LogP contribution in [-0.2, 0) is 19.3 Å². The Morgan fingerprint density at radius 1 is 0.909 bits per heavy atom. The molecule has 0 bridgehead atoms. The van der Waals surface area contributed by atoms with Crippen molar-refractivity contribution in [3.05, 3.63) is 76.1 Å². The molecule has 0 saturated carbocycles. The summed E-state index contributed by atoms with van der Waals surface area (Å²) in [6.45, 7) is 2.06. The lowest BCUT2D eigenvalue weighted by atomic mass is 9.87. The summed E-state index contributed by atoms with van der Waals surface area (Å²) < 4.78 is 40.9. The molecule has 0 heterocycles. The van der Waals surface area contributed by atoms with Crippen molar-refractivity contribution >= 4 is 5.57 Å². The van der Waals surface area contributed by atoms with Gasteiger partial charge in [0.2, 0.25) is 0 Å². The van der Waals surface area contributed by atoms with Gasteiger partial charge in [0, 0.05) is 5.56 Å². The summed E-state index contributed by atoms with van der Waals surface area (Å²) in [6, 6.07) is 7.75. The van der Waals surface area contributed by atoms with E-state index < -0.39 is 11.6 Å². The highest BCUT2D eigenvalue weighted by Gasteiger charge is 2.18. The molecule has 2 aromatic carbocycles. The first kappa shape index (κ1) is 14.9. The molecule has 0 aliphatic heterocycles. The second kappa shape index (κ2) is 5.99. The van der Waals surface area contributed by atoms with E-state index in [0.29, 0.717) is 18.4 Å². The number of fused-ring (bicyclic) bond motifs is 1. The Balaban J connectivity index is 1.91. The molecule has 3 rings (SSSR count). The molecular weight excluding hydrogens is 285 g/mol. The second-order valence-corrected chi connectivity index (χ2v) is 5.71. The maximum absolute atomic E-state index is 14.3.